The number of aliphatic imine (C=N–C) groups is 1. The van der Waals surface area contributed by atoms with Crippen LogP contribution in [-0.2, 0) is 6.54 Å². The van der Waals surface area contributed by atoms with Crippen LogP contribution in [0.5, 0.6) is 0 Å². The maximum Gasteiger partial charge on any atom is 0.194 e. The zero-order valence-electron chi connectivity index (χ0n) is 14.1. The fourth-order valence-electron chi connectivity index (χ4n) is 3.89. The zero-order chi connectivity index (χ0) is 15.5. The molecule has 0 aromatic carbocycles. The van der Waals surface area contributed by atoms with Crippen molar-refractivity contribution in [2.45, 2.75) is 53.0 Å². The van der Waals surface area contributed by atoms with Crippen LogP contribution in [0.4, 0.5) is 0 Å². The Balaban J connectivity index is 1.71. The molecule has 1 aliphatic carbocycles. The molecule has 2 fully saturated rings. The second kappa shape index (κ2) is 6.71. The molecule has 1 aliphatic heterocycles. The first-order valence-electron chi connectivity index (χ1n) is 8.64. The number of likely N-dealkylation sites (tertiary alicyclic amines) is 1. The van der Waals surface area contributed by atoms with Crippen molar-refractivity contribution < 1.29 is 4.52 Å². The zero-order valence-corrected chi connectivity index (χ0v) is 14.1. The molecule has 5 heteroatoms. The molecule has 122 valence electrons. The van der Waals surface area contributed by atoms with E-state index in [0.29, 0.717) is 6.54 Å². The van der Waals surface area contributed by atoms with Gasteiger partial charge in [-0.15, -0.1) is 0 Å². The number of hydrogen-bond acceptors (Lipinski definition) is 3. The van der Waals surface area contributed by atoms with E-state index in [9.17, 15) is 0 Å². The predicted molar refractivity (Wildman–Crippen MR) is 87.8 cm³/mol. The third-order valence-corrected chi connectivity index (χ3v) is 5.18. The summed E-state index contributed by atoms with van der Waals surface area (Å²) in [7, 11) is 0. The Morgan fingerprint density at radius 3 is 2.50 bits per heavy atom. The van der Waals surface area contributed by atoms with E-state index < -0.39 is 0 Å². The quantitative estimate of drug-likeness (QED) is 0.689. The minimum Gasteiger partial charge on any atom is -0.361 e. The molecule has 1 aromatic rings. The van der Waals surface area contributed by atoms with Gasteiger partial charge < -0.3 is 14.7 Å². The average Bonchev–Trinajstić information content (AvgIpc) is 3.08. The summed E-state index contributed by atoms with van der Waals surface area (Å²) in [6.07, 6.45) is 5.60. The number of aromatic nitrogens is 1. The van der Waals surface area contributed by atoms with Gasteiger partial charge in [-0.1, -0.05) is 18.0 Å². The highest BCUT2D eigenvalue weighted by atomic mass is 16.5. The molecule has 0 spiro atoms. The number of fused-ring (bicyclic) bond motifs is 1. The number of nitrogens with one attached hydrogen (secondary N) is 1. The SMILES string of the molecule is CCNC(=NCc1c(C)noc1C)N1CC2CCCCC2C1. The molecule has 2 unspecified atom stereocenters. The normalized spacial score (nSPS) is 25.4. The lowest BCUT2D eigenvalue weighted by molar-refractivity contribution is 0.299. The van der Waals surface area contributed by atoms with Crippen LogP contribution in [0.1, 0.15) is 49.6 Å². The van der Waals surface area contributed by atoms with E-state index in [1.54, 1.807) is 0 Å². The van der Waals surface area contributed by atoms with Crippen molar-refractivity contribution in [3.63, 3.8) is 0 Å². The fraction of sp³-hybridized carbons (Fsp3) is 0.765. The van der Waals surface area contributed by atoms with Gasteiger partial charge in [-0.3, -0.25) is 0 Å². The maximum atomic E-state index is 5.24. The lowest BCUT2D eigenvalue weighted by Crippen LogP contribution is -2.40. The van der Waals surface area contributed by atoms with E-state index in [1.165, 1.54) is 25.7 Å². The molecule has 0 radical (unpaired) electrons. The van der Waals surface area contributed by atoms with Crippen LogP contribution in [0.3, 0.4) is 0 Å². The van der Waals surface area contributed by atoms with Crippen LogP contribution >= 0.6 is 0 Å². The number of nitrogens with zero attached hydrogens (tertiary/aromatic N) is 3. The van der Waals surface area contributed by atoms with Gasteiger partial charge in [-0.05, 0) is 45.4 Å². The molecule has 1 saturated carbocycles. The van der Waals surface area contributed by atoms with Crippen LogP contribution in [0.15, 0.2) is 9.52 Å². The second-order valence-electron chi connectivity index (χ2n) is 6.68. The minimum absolute atomic E-state index is 0.648. The Kier molecular flexibility index (Phi) is 4.69. The smallest absolute Gasteiger partial charge is 0.194 e. The molecule has 1 N–H and O–H groups in total. The lowest BCUT2D eigenvalue weighted by atomic mass is 9.82. The molecule has 2 atom stereocenters. The highest BCUT2D eigenvalue weighted by molar-refractivity contribution is 5.80. The van der Waals surface area contributed by atoms with E-state index in [-0.39, 0.29) is 0 Å². The predicted octanol–water partition coefficient (Wildman–Crippen LogP) is 2.88. The summed E-state index contributed by atoms with van der Waals surface area (Å²) in [5.74, 6) is 3.68. The van der Waals surface area contributed by atoms with E-state index >= 15 is 0 Å². The fourth-order valence-corrected chi connectivity index (χ4v) is 3.89. The van der Waals surface area contributed by atoms with E-state index in [2.05, 4.69) is 22.3 Å². The molecule has 5 nitrogen and oxygen atoms in total. The molecule has 2 aliphatic rings. The summed E-state index contributed by atoms with van der Waals surface area (Å²) in [5, 5.41) is 7.48. The van der Waals surface area contributed by atoms with Gasteiger partial charge in [0, 0.05) is 25.2 Å². The first kappa shape index (κ1) is 15.4. The molecule has 0 bridgehead atoms. The molecule has 2 heterocycles. The van der Waals surface area contributed by atoms with Gasteiger partial charge in [0.25, 0.3) is 0 Å². The van der Waals surface area contributed by atoms with Gasteiger partial charge >= 0.3 is 0 Å². The van der Waals surface area contributed by atoms with Gasteiger partial charge in [0.2, 0.25) is 0 Å². The Morgan fingerprint density at radius 2 is 1.95 bits per heavy atom. The molecular formula is C17H28N4O. The highest BCUT2D eigenvalue weighted by Crippen LogP contribution is 2.36. The third kappa shape index (κ3) is 3.13. The molecule has 1 saturated heterocycles. The summed E-state index contributed by atoms with van der Waals surface area (Å²) in [6, 6.07) is 0. The van der Waals surface area contributed by atoms with Gasteiger partial charge in [0.1, 0.15) is 5.76 Å². The van der Waals surface area contributed by atoms with Crippen molar-refractivity contribution in [3.05, 3.63) is 17.0 Å². The van der Waals surface area contributed by atoms with Crippen molar-refractivity contribution in [3.8, 4) is 0 Å². The maximum absolute atomic E-state index is 5.24. The number of rotatable bonds is 3. The Bertz CT molecular complexity index is 503. The van der Waals surface area contributed by atoms with Crippen LogP contribution in [0.2, 0.25) is 0 Å². The Hall–Kier alpha value is -1.52. The topological polar surface area (TPSA) is 53.7 Å². The summed E-state index contributed by atoms with van der Waals surface area (Å²) < 4.78 is 5.24. The van der Waals surface area contributed by atoms with E-state index in [4.69, 9.17) is 9.52 Å². The minimum atomic E-state index is 0.648. The summed E-state index contributed by atoms with van der Waals surface area (Å²) in [6.45, 7) is 9.97. The van der Waals surface area contributed by atoms with E-state index in [0.717, 1.165) is 54.4 Å². The summed E-state index contributed by atoms with van der Waals surface area (Å²) in [5.41, 5.74) is 2.07. The molecule has 0 amide bonds. The summed E-state index contributed by atoms with van der Waals surface area (Å²) >= 11 is 0. The van der Waals surface area contributed by atoms with E-state index in [1.807, 2.05) is 13.8 Å². The third-order valence-electron chi connectivity index (χ3n) is 5.18. The second-order valence-corrected chi connectivity index (χ2v) is 6.68. The van der Waals surface area contributed by atoms with Crippen molar-refractivity contribution in [1.29, 1.82) is 0 Å². The Labute approximate surface area is 133 Å². The van der Waals surface area contributed by atoms with Crippen LogP contribution < -0.4 is 5.32 Å². The largest absolute Gasteiger partial charge is 0.361 e. The highest BCUT2D eigenvalue weighted by Gasteiger charge is 2.35. The first-order chi connectivity index (χ1) is 10.7. The monoisotopic (exact) mass is 304 g/mol. The lowest BCUT2D eigenvalue weighted by Gasteiger charge is -2.22. The average molecular weight is 304 g/mol. The van der Waals surface area contributed by atoms with Gasteiger partial charge in [0.15, 0.2) is 5.96 Å². The molecule has 3 rings (SSSR count). The van der Waals surface area contributed by atoms with Crippen molar-refractivity contribution in [2.75, 3.05) is 19.6 Å². The van der Waals surface area contributed by atoms with Gasteiger partial charge in [0.05, 0.1) is 12.2 Å². The van der Waals surface area contributed by atoms with Crippen LogP contribution in [0, 0.1) is 25.7 Å². The van der Waals surface area contributed by atoms with Crippen LogP contribution in [0.25, 0.3) is 0 Å². The molecule has 1 aromatic heterocycles. The van der Waals surface area contributed by atoms with Crippen molar-refractivity contribution in [1.82, 2.24) is 15.4 Å². The van der Waals surface area contributed by atoms with Crippen LogP contribution in [-0.4, -0.2) is 35.7 Å². The summed E-state index contributed by atoms with van der Waals surface area (Å²) in [4.78, 5) is 7.31. The molecular weight excluding hydrogens is 276 g/mol. The van der Waals surface area contributed by atoms with Gasteiger partial charge in [-0.25, -0.2) is 4.99 Å². The number of aryl methyl sites for hydroxylation is 2. The standard InChI is InChI=1S/C17H28N4O/c1-4-18-17(19-9-16-12(2)20-22-13(16)3)21-10-14-7-5-6-8-15(14)11-21/h14-15H,4-11H2,1-3H3,(H,18,19). The van der Waals surface area contributed by atoms with Gasteiger partial charge in [-0.2, -0.15) is 0 Å². The van der Waals surface area contributed by atoms with Crippen molar-refractivity contribution >= 4 is 5.96 Å². The number of hydrogen-bond donors (Lipinski definition) is 1. The first-order valence-corrected chi connectivity index (χ1v) is 8.64. The Morgan fingerprint density at radius 1 is 1.27 bits per heavy atom. The number of guanidine groups is 1. The molecule has 22 heavy (non-hydrogen) atoms. The van der Waals surface area contributed by atoms with Crippen molar-refractivity contribution in [2.24, 2.45) is 16.8 Å².